The molecule has 0 radical (unpaired) electrons. The Hall–Kier alpha value is 0.0525. The third-order valence-electron chi connectivity index (χ3n) is 2.71. The molecule has 0 aliphatic heterocycles. The van der Waals surface area contributed by atoms with Crippen molar-refractivity contribution in [3.8, 4) is 0 Å². The molecule has 0 amide bonds. The molecule has 0 bridgehead atoms. The normalized spacial score (nSPS) is 20.6. The second-order valence-electron chi connectivity index (χ2n) is 5.47. The average molecular weight is 232 g/mol. The summed E-state index contributed by atoms with van der Waals surface area (Å²) in [4.78, 5) is 0. The number of hydrogen-bond acceptors (Lipinski definition) is 2. The zero-order valence-corrected chi connectivity index (χ0v) is 10.4. The van der Waals surface area contributed by atoms with Gasteiger partial charge in [-0.1, -0.05) is 0 Å². The molecule has 0 heterocycles. The van der Waals surface area contributed by atoms with Gasteiger partial charge >= 0.3 is 77.5 Å². The summed E-state index contributed by atoms with van der Waals surface area (Å²) in [6, 6.07) is 0. The van der Waals surface area contributed by atoms with E-state index in [1.807, 2.05) is 0 Å². The monoisotopic (exact) mass is 232 g/mol. The van der Waals surface area contributed by atoms with Gasteiger partial charge in [0, 0.05) is 0 Å². The van der Waals surface area contributed by atoms with Crippen molar-refractivity contribution in [2.24, 2.45) is 0 Å². The molecule has 13 heavy (non-hydrogen) atoms. The molecule has 0 aliphatic rings. The van der Waals surface area contributed by atoms with Gasteiger partial charge in [-0.3, -0.25) is 0 Å². The van der Waals surface area contributed by atoms with Crippen LogP contribution in [-0.4, -0.2) is 8.32 Å². The molecule has 0 unspecified atom stereocenters. The molecule has 82 valence electrons. The van der Waals surface area contributed by atoms with Crippen molar-refractivity contribution >= 4 is 0 Å². The first kappa shape index (κ1) is 13.1. The van der Waals surface area contributed by atoms with Crippen molar-refractivity contribution in [2.45, 2.75) is 50.1 Å². The molecule has 4 nitrogen and oxygen atoms in total. The third kappa shape index (κ3) is 1.35. The Balaban J connectivity index is 6.24. The first-order valence-corrected chi connectivity index (χ1v) is 7.56. The topological polar surface area (TPSA) is 74.6 Å². The maximum absolute atomic E-state index is 12.0. The zero-order chi connectivity index (χ0) is 11.4. The van der Waals surface area contributed by atoms with E-state index in [1.54, 1.807) is 0 Å². The molecule has 0 rings (SSSR count). The second kappa shape index (κ2) is 2.01. The Morgan fingerprint density at radius 3 is 0.923 bits per heavy atom. The number of rotatable bonds is 0. The van der Waals surface area contributed by atoms with Crippen molar-refractivity contribution in [1.82, 2.24) is 0 Å². The molecule has 0 saturated carbocycles. The van der Waals surface area contributed by atoms with Crippen LogP contribution in [0.25, 0.3) is 0 Å². The molecule has 0 saturated heterocycles. The van der Waals surface area contributed by atoms with E-state index < -0.39 is 20.0 Å². The summed E-state index contributed by atoms with van der Waals surface area (Å²) in [6.45, 7) is 7.71. The Kier molecular flexibility index (Phi) is 2.02. The van der Waals surface area contributed by atoms with E-state index >= 15 is 0 Å². The summed E-state index contributed by atoms with van der Waals surface area (Å²) in [5.41, 5.74) is 0. The van der Waals surface area contributed by atoms with Crippen LogP contribution in [0.3, 0.4) is 0 Å². The molecule has 0 aromatic heterocycles. The van der Waals surface area contributed by atoms with Crippen LogP contribution in [0.1, 0.15) is 41.5 Å². The van der Waals surface area contributed by atoms with Gasteiger partial charge in [-0.05, 0) is 0 Å². The molecular formula is C8H20CrO4. The van der Waals surface area contributed by atoms with Crippen LogP contribution in [0.2, 0.25) is 8.55 Å². The Bertz CT molecular complexity index is 345. The summed E-state index contributed by atoms with van der Waals surface area (Å²) in [6.07, 6.45) is 0. The van der Waals surface area contributed by atoms with Crippen molar-refractivity contribution < 1.29 is 27.4 Å². The van der Waals surface area contributed by atoms with Gasteiger partial charge in [-0.25, -0.2) is 0 Å². The summed E-state index contributed by atoms with van der Waals surface area (Å²) in [5, 5.41) is 0. The standard InChI is InChI=1S/2C4H9.Cr.2H2O.2O/c2*1-4(2)3;;;;;/h2*1-3H3;;2*1H2;;/q;;+2;;;;/p-2. The zero-order valence-electron chi connectivity index (χ0n) is 9.12. The first-order chi connectivity index (χ1) is 5.04. The fourth-order valence-electron chi connectivity index (χ4n) is 0.919. The van der Waals surface area contributed by atoms with Gasteiger partial charge in [0.2, 0.25) is 0 Å². The van der Waals surface area contributed by atoms with Gasteiger partial charge in [-0.15, -0.1) is 0 Å². The predicted molar refractivity (Wildman–Crippen MR) is 45.2 cm³/mol. The summed E-state index contributed by atoms with van der Waals surface area (Å²) in [7, 11) is 0. The number of hydrogen-bond donors (Lipinski definition) is 2. The molecular weight excluding hydrogens is 212 g/mol. The van der Waals surface area contributed by atoms with Crippen molar-refractivity contribution in [3.63, 3.8) is 0 Å². The van der Waals surface area contributed by atoms with Gasteiger partial charge in [0.15, 0.2) is 0 Å². The van der Waals surface area contributed by atoms with E-state index in [1.165, 1.54) is 41.5 Å². The van der Waals surface area contributed by atoms with Crippen LogP contribution in [-0.2, 0) is 19.1 Å². The van der Waals surface area contributed by atoms with Crippen LogP contribution in [0, 0.1) is 0 Å². The van der Waals surface area contributed by atoms with E-state index in [4.69, 9.17) is 0 Å². The Morgan fingerprint density at radius 2 is 0.923 bits per heavy atom. The molecule has 5 heteroatoms. The SMILES string of the molecule is C[C](C)(C)[Cr](=[O])(=[O])([OH])([OH])[C](C)(C)C. The van der Waals surface area contributed by atoms with Gasteiger partial charge in [-0.2, -0.15) is 0 Å². The Morgan fingerprint density at radius 1 is 0.769 bits per heavy atom. The summed E-state index contributed by atoms with van der Waals surface area (Å²) >= 11 is -7.14. The average Bonchev–Trinajstić information content (AvgIpc) is 1.51. The van der Waals surface area contributed by atoms with Gasteiger partial charge in [0.1, 0.15) is 0 Å². The minimum atomic E-state index is -7.14. The molecule has 0 aromatic carbocycles. The van der Waals surface area contributed by atoms with Crippen LogP contribution >= 0.6 is 0 Å². The second-order valence-corrected chi connectivity index (χ2v) is 13.2. The molecule has 2 N–H and O–H groups in total. The van der Waals surface area contributed by atoms with Crippen molar-refractivity contribution in [1.29, 1.82) is 0 Å². The van der Waals surface area contributed by atoms with E-state index in [0.717, 1.165) is 0 Å². The molecule has 0 atom stereocenters. The Labute approximate surface area is 77.9 Å². The van der Waals surface area contributed by atoms with Gasteiger partial charge in [0.05, 0.1) is 0 Å². The molecule has 0 spiro atoms. The van der Waals surface area contributed by atoms with Crippen molar-refractivity contribution in [2.75, 3.05) is 0 Å². The molecule has 0 fully saturated rings. The quantitative estimate of drug-likeness (QED) is 0.671. The first-order valence-electron chi connectivity index (χ1n) is 4.11. The predicted octanol–water partition coefficient (Wildman–Crippen LogP) is 2.15. The molecule has 0 aliphatic carbocycles. The van der Waals surface area contributed by atoms with Crippen LogP contribution in [0.4, 0.5) is 0 Å². The van der Waals surface area contributed by atoms with Gasteiger partial charge < -0.3 is 0 Å². The van der Waals surface area contributed by atoms with E-state index in [9.17, 15) is 15.9 Å². The van der Waals surface area contributed by atoms with Crippen LogP contribution in [0.15, 0.2) is 0 Å². The van der Waals surface area contributed by atoms with E-state index in [0.29, 0.717) is 0 Å². The summed E-state index contributed by atoms with van der Waals surface area (Å²) < 4.78 is 40.3. The fourth-order valence-corrected chi connectivity index (χ4v) is 3.79. The van der Waals surface area contributed by atoms with Crippen molar-refractivity contribution in [3.05, 3.63) is 0 Å². The maximum atomic E-state index is 12.0. The van der Waals surface area contributed by atoms with Crippen LogP contribution < -0.4 is 0 Å². The van der Waals surface area contributed by atoms with E-state index in [2.05, 4.69) is 0 Å². The van der Waals surface area contributed by atoms with Crippen LogP contribution in [0.5, 0.6) is 0 Å². The third-order valence-corrected chi connectivity index (χ3v) is 11.2. The van der Waals surface area contributed by atoms with Gasteiger partial charge in [0.25, 0.3) is 0 Å². The minimum absolute atomic E-state index is 1.29. The molecule has 0 aromatic rings. The van der Waals surface area contributed by atoms with E-state index in [-0.39, 0.29) is 0 Å². The summed E-state index contributed by atoms with van der Waals surface area (Å²) in [5.74, 6) is 0. The fraction of sp³-hybridized carbons (Fsp3) is 1.00.